The molecular formula is C19H24Cl2N4O2. The molecule has 2 aromatic rings. The topological polar surface area (TPSA) is 83.1 Å². The number of nitrogens with zero attached hydrogens (tertiary/aromatic N) is 1. The van der Waals surface area contributed by atoms with Crippen molar-refractivity contribution in [3.05, 3.63) is 54.4 Å². The molecule has 0 saturated carbocycles. The van der Waals surface area contributed by atoms with Gasteiger partial charge in [-0.25, -0.2) is 0 Å². The van der Waals surface area contributed by atoms with E-state index in [2.05, 4.69) is 20.9 Å². The van der Waals surface area contributed by atoms with E-state index in [-0.39, 0.29) is 36.6 Å². The van der Waals surface area contributed by atoms with Crippen molar-refractivity contribution < 1.29 is 9.59 Å². The molecule has 1 saturated heterocycles. The zero-order valence-corrected chi connectivity index (χ0v) is 16.4. The lowest BCUT2D eigenvalue weighted by atomic mass is 10.0. The van der Waals surface area contributed by atoms with Crippen LogP contribution in [0.2, 0.25) is 0 Å². The van der Waals surface area contributed by atoms with Crippen LogP contribution in [0.4, 0.5) is 11.4 Å². The minimum absolute atomic E-state index is 0. The number of carbonyl (C=O) groups excluding carboxylic acids is 2. The van der Waals surface area contributed by atoms with Gasteiger partial charge in [0.2, 0.25) is 5.91 Å². The minimum atomic E-state index is -0.223. The maximum Gasteiger partial charge on any atom is 0.255 e. The summed E-state index contributed by atoms with van der Waals surface area (Å²) in [6.45, 7) is 2.04. The van der Waals surface area contributed by atoms with E-state index in [1.54, 1.807) is 48.8 Å². The molecule has 3 rings (SSSR count). The van der Waals surface area contributed by atoms with Crippen molar-refractivity contribution in [1.29, 1.82) is 0 Å². The molecule has 0 bridgehead atoms. The summed E-state index contributed by atoms with van der Waals surface area (Å²) < 4.78 is 0. The molecule has 1 aromatic heterocycles. The van der Waals surface area contributed by atoms with Gasteiger partial charge in [-0.05, 0) is 62.2 Å². The third kappa shape index (κ3) is 7.17. The standard InChI is InChI=1S/C19H22N4O2.2ClH/c24-18(5-4-14-6-9-21-13-14)22-17-3-1-2-15(12-17)19(25)23-16-7-10-20-11-8-16;;/h1-3,7-8,10-12,14,21H,4-6,9,13H2,(H,22,24)(H,20,23,25);2*1H. The molecular weight excluding hydrogens is 387 g/mol. The summed E-state index contributed by atoms with van der Waals surface area (Å²) in [5, 5.41) is 8.98. The Morgan fingerprint density at radius 3 is 2.56 bits per heavy atom. The highest BCUT2D eigenvalue weighted by atomic mass is 35.5. The Labute approximate surface area is 171 Å². The molecule has 1 aromatic carbocycles. The summed E-state index contributed by atoms with van der Waals surface area (Å²) >= 11 is 0. The van der Waals surface area contributed by atoms with E-state index in [0.717, 1.165) is 25.9 Å². The normalized spacial score (nSPS) is 15.2. The molecule has 3 N–H and O–H groups in total. The lowest BCUT2D eigenvalue weighted by molar-refractivity contribution is -0.116. The fourth-order valence-corrected chi connectivity index (χ4v) is 2.90. The number of anilines is 2. The summed E-state index contributed by atoms with van der Waals surface area (Å²) in [5.74, 6) is 0.348. The molecule has 1 aliphatic rings. The van der Waals surface area contributed by atoms with Crippen molar-refractivity contribution in [2.45, 2.75) is 19.3 Å². The van der Waals surface area contributed by atoms with E-state index >= 15 is 0 Å². The summed E-state index contributed by atoms with van der Waals surface area (Å²) in [6, 6.07) is 10.4. The molecule has 146 valence electrons. The fourth-order valence-electron chi connectivity index (χ4n) is 2.90. The second-order valence-corrected chi connectivity index (χ2v) is 6.22. The predicted molar refractivity (Wildman–Crippen MR) is 112 cm³/mol. The third-order valence-electron chi connectivity index (χ3n) is 4.29. The van der Waals surface area contributed by atoms with E-state index in [0.29, 0.717) is 29.3 Å². The summed E-state index contributed by atoms with van der Waals surface area (Å²) in [5.41, 5.74) is 1.81. The molecule has 2 heterocycles. The number of rotatable bonds is 6. The first kappa shape index (κ1) is 22.9. The molecule has 0 aliphatic carbocycles. The number of pyridine rings is 1. The van der Waals surface area contributed by atoms with Crippen LogP contribution in [-0.2, 0) is 4.79 Å². The monoisotopic (exact) mass is 410 g/mol. The van der Waals surface area contributed by atoms with Gasteiger partial charge < -0.3 is 16.0 Å². The van der Waals surface area contributed by atoms with E-state index < -0.39 is 0 Å². The van der Waals surface area contributed by atoms with Crippen molar-refractivity contribution in [2.75, 3.05) is 23.7 Å². The minimum Gasteiger partial charge on any atom is -0.326 e. The molecule has 27 heavy (non-hydrogen) atoms. The predicted octanol–water partition coefficient (Wildman–Crippen LogP) is 3.51. The molecule has 8 heteroatoms. The first-order chi connectivity index (χ1) is 12.2. The average molecular weight is 411 g/mol. The molecule has 1 atom stereocenters. The van der Waals surface area contributed by atoms with Crippen LogP contribution in [0, 0.1) is 5.92 Å². The Kier molecular flexibility index (Phi) is 9.78. The van der Waals surface area contributed by atoms with Gasteiger partial charge in [-0.15, -0.1) is 24.8 Å². The van der Waals surface area contributed by atoms with E-state index in [4.69, 9.17) is 0 Å². The van der Waals surface area contributed by atoms with Crippen molar-refractivity contribution in [1.82, 2.24) is 10.3 Å². The van der Waals surface area contributed by atoms with Gasteiger partial charge in [0.1, 0.15) is 0 Å². The summed E-state index contributed by atoms with van der Waals surface area (Å²) in [4.78, 5) is 28.3. The largest absolute Gasteiger partial charge is 0.326 e. The van der Waals surface area contributed by atoms with Gasteiger partial charge in [-0.1, -0.05) is 6.07 Å². The molecule has 1 unspecified atom stereocenters. The van der Waals surface area contributed by atoms with E-state index in [1.165, 1.54) is 0 Å². The number of hydrogen-bond acceptors (Lipinski definition) is 4. The third-order valence-corrected chi connectivity index (χ3v) is 4.29. The molecule has 6 nitrogen and oxygen atoms in total. The molecule has 2 amide bonds. The van der Waals surface area contributed by atoms with Crippen molar-refractivity contribution in [3.8, 4) is 0 Å². The highest BCUT2D eigenvalue weighted by Crippen LogP contribution is 2.17. The lowest BCUT2D eigenvalue weighted by Gasteiger charge is -2.10. The van der Waals surface area contributed by atoms with Gasteiger partial charge >= 0.3 is 0 Å². The van der Waals surface area contributed by atoms with Gasteiger partial charge in [-0.2, -0.15) is 0 Å². The molecule has 1 aliphatic heterocycles. The summed E-state index contributed by atoms with van der Waals surface area (Å²) in [6.07, 6.45) is 5.76. The zero-order valence-electron chi connectivity index (χ0n) is 14.8. The average Bonchev–Trinajstić information content (AvgIpc) is 3.15. The Morgan fingerprint density at radius 2 is 1.85 bits per heavy atom. The smallest absolute Gasteiger partial charge is 0.255 e. The maximum absolute atomic E-state index is 12.3. The molecule has 0 radical (unpaired) electrons. The Balaban J connectivity index is 0.00000182. The summed E-state index contributed by atoms with van der Waals surface area (Å²) in [7, 11) is 0. The SMILES string of the molecule is Cl.Cl.O=C(CCC1CCNC1)Nc1cccc(C(=O)Nc2ccncc2)c1. The van der Waals surface area contributed by atoms with Crippen LogP contribution in [0.25, 0.3) is 0 Å². The maximum atomic E-state index is 12.3. The highest BCUT2D eigenvalue weighted by molar-refractivity contribution is 6.05. The van der Waals surface area contributed by atoms with Crippen LogP contribution in [-0.4, -0.2) is 29.9 Å². The second-order valence-electron chi connectivity index (χ2n) is 6.22. The van der Waals surface area contributed by atoms with Gasteiger partial charge in [0.05, 0.1) is 0 Å². The number of aromatic nitrogens is 1. The lowest BCUT2D eigenvalue weighted by Crippen LogP contribution is -2.16. The van der Waals surface area contributed by atoms with Gasteiger partial charge in [0.25, 0.3) is 5.91 Å². The Hall–Kier alpha value is -2.15. The first-order valence-electron chi connectivity index (χ1n) is 8.53. The fraction of sp³-hybridized carbons (Fsp3) is 0.316. The van der Waals surface area contributed by atoms with Gasteiger partial charge in [0.15, 0.2) is 0 Å². The van der Waals surface area contributed by atoms with Gasteiger partial charge in [-0.3, -0.25) is 14.6 Å². The highest BCUT2D eigenvalue weighted by Gasteiger charge is 2.16. The number of halogens is 2. The Bertz CT molecular complexity index is 737. The zero-order chi connectivity index (χ0) is 17.5. The quantitative estimate of drug-likeness (QED) is 0.680. The van der Waals surface area contributed by atoms with E-state index in [1.807, 2.05) is 0 Å². The number of amides is 2. The van der Waals surface area contributed by atoms with E-state index in [9.17, 15) is 9.59 Å². The van der Waals surface area contributed by atoms with Gasteiger partial charge in [0, 0.05) is 35.8 Å². The number of carbonyl (C=O) groups is 2. The number of hydrogen-bond donors (Lipinski definition) is 3. The van der Waals surface area contributed by atoms with Crippen molar-refractivity contribution >= 4 is 48.0 Å². The van der Waals surface area contributed by atoms with Crippen molar-refractivity contribution in [2.24, 2.45) is 5.92 Å². The van der Waals surface area contributed by atoms with Crippen LogP contribution < -0.4 is 16.0 Å². The second kappa shape index (κ2) is 11.5. The van der Waals surface area contributed by atoms with Crippen LogP contribution in [0.15, 0.2) is 48.8 Å². The van der Waals surface area contributed by atoms with Crippen molar-refractivity contribution in [3.63, 3.8) is 0 Å². The molecule has 0 spiro atoms. The number of nitrogens with one attached hydrogen (secondary N) is 3. The van der Waals surface area contributed by atoms with Crippen LogP contribution >= 0.6 is 24.8 Å². The van der Waals surface area contributed by atoms with Crippen LogP contribution in [0.3, 0.4) is 0 Å². The number of benzene rings is 1. The first-order valence-corrected chi connectivity index (χ1v) is 8.53. The molecule has 1 fully saturated rings. The Morgan fingerprint density at radius 1 is 1.07 bits per heavy atom. The van der Waals surface area contributed by atoms with Crippen LogP contribution in [0.5, 0.6) is 0 Å². The van der Waals surface area contributed by atoms with Crippen LogP contribution in [0.1, 0.15) is 29.6 Å².